The standard InChI is InChI=1S/C17H21N3O4S/c1-12-4-2-3-5-13(12)10-18-17(22)15-6-7-16(21)20(19-15)14-8-9-25(23,24)11-14/h2-5,14H,6-11H2,1H3,(H,18,22). The van der Waals surface area contributed by atoms with Crippen LogP contribution in [0, 0.1) is 6.92 Å². The molecule has 1 aromatic rings. The molecule has 1 saturated heterocycles. The van der Waals surface area contributed by atoms with Crippen LogP contribution in [0.2, 0.25) is 0 Å². The fraction of sp³-hybridized carbons (Fsp3) is 0.471. The third kappa shape index (κ3) is 4.07. The fourth-order valence-corrected chi connectivity index (χ4v) is 4.77. The summed E-state index contributed by atoms with van der Waals surface area (Å²) >= 11 is 0. The number of hydrazone groups is 1. The minimum atomic E-state index is -3.12. The van der Waals surface area contributed by atoms with Crippen molar-refractivity contribution in [2.45, 2.75) is 38.8 Å². The predicted molar refractivity (Wildman–Crippen MR) is 93.6 cm³/mol. The smallest absolute Gasteiger partial charge is 0.267 e. The van der Waals surface area contributed by atoms with E-state index in [4.69, 9.17) is 0 Å². The Balaban J connectivity index is 1.68. The van der Waals surface area contributed by atoms with Crippen LogP contribution in [-0.2, 0) is 26.0 Å². The molecular weight excluding hydrogens is 342 g/mol. The van der Waals surface area contributed by atoms with E-state index < -0.39 is 15.9 Å². The van der Waals surface area contributed by atoms with Gasteiger partial charge in [-0.05, 0) is 24.5 Å². The highest BCUT2D eigenvalue weighted by atomic mass is 32.2. The quantitative estimate of drug-likeness (QED) is 0.855. The zero-order chi connectivity index (χ0) is 18.0. The summed E-state index contributed by atoms with van der Waals surface area (Å²) in [7, 11) is -3.12. The first-order valence-electron chi connectivity index (χ1n) is 8.28. The summed E-state index contributed by atoms with van der Waals surface area (Å²) in [4.78, 5) is 24.5. The van der Waals surface area contributed by atoms with Gasteiger partial charge in [0.1, 0.15) is 5.71 Å². The molecule has 7 nitrogen and oxygen atoms in total. The van der Waals surface area contributed by atoms with Gasteiger partial charge in [0.15, 0.2) is 9.84 Å². The summed E-state index contributed by atoms with van der Waals surface area (Å²) in [5, 5.41) is 8.20. The minimum Gasteiger partial charge on any atom is -0.347 e. The molecule has 0 aliphatic carbocycles. The summed E-state index contributed by atoms with van der Waals surface area (Å²) in [6.45, 7) is 2.36. The first kappa shape index (κ1) is 17.6. The Morgan fingerprint density at radius 1 is 1.32 bits per heavy atom. The zero-order valence-corrected chi connectivity index (χ0v) is 14.9. The number of amides is 2. The van der Waals surface area contributed by atoms with Gasteiger partial charge in [0.25, 0.3) is 5.91 Å². The normalized spacial score (nSPS) is 22.6. The molecule has 0 radical (unpaired) electrons. The molecule has 1 unspecified atom stereocenters. The molecule has 2 heterocycles. The number of aryl methyl sites for hydroxylation is 1. The fourth-order valence-electron chi connectivity index (χ4n) is 3.07. The number of nitrogens with one attached hydrogen (secondary N) is 1. The number of sulfone groups is 1. The van der Waals surface area contributed by atoms with Gasteiger partial charge >= 0.3 is 0 Å². The van der Waals surface area contributed by atoms with Gasteiger partial charge in [0, 0.05) is 19.4 Å². The Bertz CT molecular complexity index is 832. The van der Waals surface area contributed by atoms with Crippen molar-refractivity contribution in [3.63, 3.8) is 0 Å². The van der Waals surface area contributed by atoms with Gasteiger partial charge in [-0.1, -0.05) is 24.3 Å². The predicted octanol–water partition coefficient (Wildman–Crippen LogP) is 0.777. The van der Waals surface area contributed by atoms with Crippen molar-refractivity contribution in [1.29, 1.82) is 0 Å². The third-order valence-corrected chi connectivity index (χ3v) is 6.33. The second-order valence-corrected chi connectivity index (χ2v) is 8.68. The third-order valence-electron chi connectivity index (χ3n) is 4.58. The van der Waals surface area contributed by atoms with E-state index in [1.165, 1.54) is 5.01 Å². The number of nitrogens with zero attached hydrogens (tertiary/aromatic N) is 2. The van der Waals surface area contributed by atoms with Crippen LogP contribution in [0.15, 0.2) is 29.4 Å². The largest absolute Gasteiger partial charge is 0.347 e. The highest BCUT2D eigenvalue weighted by molar-refractivity contribution is 7.91. The van der Waals surface area contributed by atoms with Crippen LogP contribution >= 0.6 is 0 Å². The van der Waals surface area contributed by atoms with E-state index in [1.54, 1.807) is 0 Å². The average Bonchev–Trinajstić information content (AvgIpc) is 2.94. The lowest BCUT2D eigenvalue weighted by Gasteiger charge is -2.27. The van der Waals surface area contributed by atoms with Crippen molar-refractivity contribution in [3.05, 3.63) is 35.4 Å². The Labute approximate surface area is 147 Å². The maximum Gasteiger partial charge on any atom is 0.267 e. The summed E-state index contributed by atoms with van der Waals surface area (Å²) in [5.74, 6) is -0.564. The van der Waals surface area contributed by atoms with E-state index in [-0.39, 0.29) is 41.9 Å². The van der Waals surface area contributed by atoms with Crippen LogP contribution in [0.4, 0.5) is 0 Å². The van der Waals surface area contributed by atoms with Gasteiger partial charge in [-0.25, -0.2) is 13.4 Å². The summed E-state index contributed by atoms with van der Waals surface area (Å²) in [6, 6.07) is 7.30. The van der Waals surface area contributed by atoms with Crippen LogP contribution in [0.1, 0.15) is 30.4 Å². The number of benzene rings is 1. The highest BCUT2D eigenvalue weighted by Gasteiger charge is 2.37. The number of rotatable bonds is 4. The van der Waals surface area contributed by atoms with Crippen molar-refractivity contribution in [2.75, 3.05) is 11.5 Å². The SMILES string of the molecule is Cc1ccccc1CNC(=O)C1=NN(C2CCS(=O)(=O)C2)C(=O)CC1. The van der Waals surface area contributed by atoms with E-state index >= 15 is 0 Å². The van der Waals surface area contributed by atoms with Crippen molar-refractivity contribution in [2.24, 2.45) is 5.10 Å². The van der Waals surface area contributed by atoms with Gasteiger partial charge in [-0.3, -0.25) is 9.59 Å². The Morgan fingerprint density at radius 3 is 2.76 bits per heavy atom. The van der Waals surface area contributed by atoms with Gasteiger partial charge in [-0.2, -0.15) is 5.10 Å². The van der Waals surface area contributed by atoms with E-state index in [2.05, 4.69) is 10.4 Å². The molecule has 134 valence electrons. The molecule has 0 aromatic heterocycles. The van der Waals surface area contributed by atoms with Crippen molar-refractivity contribution in [3.8, 4) is 0 Å². The van der Waals surface area contributed by atoms with E-state index in [1.807, 2.05) is 31.2 Å². The molecule has 2 aliphatic heterocycles. The average molecular weight is 363 g/mol. The summed E-state index contributed by atoms with van der Waals surface area (Å²) in [6.07, 6.45) is 0.817. The minimum absolute atomic E-state index is 0.0613. The number of carbonyl (C=O) groups excluding carboxylic acids is 2. The van der Waals surface area contributed by atoms with Gasteiger partial charge in [0.2, 0.25) is 5.91 Å². The second-order valence-electron chi connectivity index (χ2n) is 6.45. The lowest BCUT2D eigenvalue weighted by atomic mass is 10.1. The number of hydrogen-bond acceptors (Lipinski definition) is 5. The Kier molecular flexibility index (Phi) is 4.89. The maximum absolute atomic E-state index is 12.4. The van der Waals surface area contributed by atoms with Crippen LogP contribution in [0.25, 0.3) is 0 Å². The highest BCUT2D eigenvalue weighted by Crippen LogP contribution is 2.22. The molecule has 2 aliphatic rings. The zero-order valence-electron chi connectivity index (χ0n) is 14.1. The van der Waals surface area contributed by atoms with Crippen molar-refractivity contribution in [1.82, 2.24) is 10.3 Å². The van der Waals surface area contributed by atoms with E-state index in [0.29, 0.717) is 13.0 Å². The lowest BCUT2D eigenvalue weighted by Crippen LogP contribution is -2.43. The first-order chi connectivity index (χ1) is 11.9. The van der Waals surface area contributed by atoms with Gasteiger partial charge in [0.05, 0.1) is 17.5 Å². The molecule has 1 N–H and O–H groups in total. The van der Waals surface area contributed by atoms with Crippen LogP contribution < -0.4 is 5.32 Å². The molecule has 2 amide bonds. The van der Waals surface area contributed by atoms with E-state index in [0.717, 1.165) is 11.1 Å². The monoisotopic (exact) mass is 363 g/mol. The summed E-state index contributed by atoms with van der Waals surface area (Å²) < 4.78 is 23.3. The van der Waals surface area contributed by atoms with Crippen molar-refractivity contribution >= 4 is 27.4 Å². The van der Waals surface area contributed by atoms with Crippen LogP contribution in [0.3, 0.4) is 0 Å². The Hall–Kier alpha value is -2.22. The Morgan fingerprint density at radius 2 is 2.08 bits per heavy atom. The molecule has 8 heteroatoms. The molecule has 0 bridgehead atoms. The molecule has 0 saturated carbocycles. The maximum atomic E-state index is 12.4. The van der Waals surface area contributed by atoms with Crippen LogP contribution in [0.5, 0.6) is 0 Å². The molecule has 0 spiro atoms. The number of hydrogen-bond donors (Lipinski definition) is 1. The first-order valence-corrected chi connectivity index (χ1v) is 10.1. The topological polar surface area (TPSA) is 95.9 Å². The molecular formula is C17H21N3O4S. The molecule has 25 heavy (non-hydrogen) atoms. The second kappa shape index (κ2) is 6.95. The summed E-state index contributed by atoms with van der Waals surface area (Å²) in [5.41, 5.74) is 2.38. The van der Waals surface area contributed by atoms with Crippen molar-refractivity contribution < 1.29 is 18.0 Å². The van der Waals surface area contributed by atoms with Crippen LogP contribution in [-0.4, -0.2) is 48.5 Å². The molecule has 1 fully saturated rings. The van der Waals surface area contributed by atoms with E-state index in [9.17, 15) is 18.0 Å². The van der Waals surface area contributed by atoms with Gasteiger partial charge < -0.3 is 5.32 Å². The molecule has 1 aromatic carbocycles. The number of carbonyl (C=O) groups is 2. The van der Waals surface area contributed by atoms with Gasteiger partial charge in [-0.15, -0.1) is 0 Å². The molecule has 1 atom stereocenters. The molecule has 3 rings (SSSR count). The lowest BCUT2D eigenvalue weighted by molar-refractivity contribution is -0.133.